The Morgan fingerprint density at radius 1 is 0.944 bits per heavy atom. The molecule has 0 bridgehead atoms. The first-order chi connectivity index (χ1) is 9.83. The van der Waals surface area contributed by atoms with E-state index in [1.54, 1.807) is 18.0 Å². The maximum atomic E-state index is 11.3. The number of thioether (sulfide) groups is 1. The van der Waals surface area contributed by atoms with Crippen LogP contribution in [0.5, 0.6) is 0 Å². The summed E-state index contributed by atoms with van der Waals surface area (Å²) >= 11 is 2.46. The summed E-state index contributed by atoms with van der Waals surface area (Å²) < 4.78 is 33.0. The second-order valence-electron chi connectivity index (χ2n) is 3.60. The zero-order valence-corrected chi connectivity index (χ0v) is 12.2. The van der Waals surface area contributed by atoms with Crippen LogP contribution in [0.4, 0.5) is 0 Å². The molecule has 2 aromatic rings. The van der Waals surface area contributed by atoms with Gasteiger partial charge in [0.15, 0.2) is 0 Å². The molecule has 0 amide bonds. The van der Waals surface area contributed by atoms with Crippen molar-refractivity contribution >= 4 is 34.3 Å². The molecule has 0 saturated heterocycles. The first-order valence-corrected chi connectivity index (χ1v) is 8.43. The van der Waals surface area contributed by atoms with Gasteiger partial charge in [-0.05, 0) is 54.7 Å². The molecule has 4 heteroatoms. The van der Waals surface area contributed by atoms with E-state index in [2.05, 4.69) is 0 Å². The predicted octanol–water partition coefficient (Wildman–Crippen LogP) is 4.30. The summed E-state index contributed by atoms with van der Waals surface area (Å²) in [5.74, 6) is 0. The minimum absolute atomic E-state index is 0.732. The topological polar surface area (TPSA) is 17.1 Å². The van der Waals surface area contributed by atoms with Crippen molar-refractivity contribution in [1.82, 2.24) is 0 Å². The normalized spacial score (nSPS) is 15.5. The minimum atomic E-state index is -2.01. The van der Waals surface area contributed by atoms with Crippen molar-refractivity contribution in [2.75, 3.05) is 12.4 Å². The summed E-state index contributed by atoms with van der Waals surface area (Å²) in [4.78, 5) is 3.63. The fourth-order valence-corrected chi connectivity index (χ4v) is 3.02. The number of benzene rings is 2. The molecule has 94 valence electrons. The van der Waals surface area contributed by atoms with Crippen LogP contribution < -0.4 is 0 Å². The Kier molecular flexibility index (Phi) is 3.63. The fourth-order valence-electron chi connectivity index (χ4n) is 1.41. The lowest BCUT2D eigenvalue weighted by Crippen LogP contribution is -1.85. The van der Waals surface area contributed by atoms with E-state index in [9.17, 15) is 4.21 Å². The van der Waals surface area contributed by atoms with Crippen LogP contribution in [0, 0.1) is 0 Å². The highest BCUT2D eigenvalue weighted by atomic mass is 32.2. The van der Waals surface area contributed by atoms with Crippen LogP contribution >= 0.6 is 23.5 Å². The zero-order valence-electron chi connectivity index (χ0n) is 12.8. The highest BCUT2D eigenvalue weighted by Gasteiger charge is 2.00. The summed E-state index contributed by atoms with van der Waals surface area (Å²) in [5, 5.41) is 0. The summed E-state index contributed by atoms with van der Waals surface area (Å²) in [6, 6.07) is 15.0. The van der Waals surface area contributed by atoms with Gasteiger partial charge in [0.05, 0.1) is 0 Å². The molecule has 0 N–H and O–H groups in total. The second-order valence-corrected chi connectivity index (χ2v) is 6.80. The van der Waals surface area contributed by atoms with Crippen molar-refractivity contribution in [2.45, 2.75) is 19.6 Å². The molecular weight excluding hydrogens is 280 g/mol. The average Bonchev–Trinajstić information content (AvgIpc) is 2.40. The maximum absolute atomic E-state index is 11.3. The van der Waals surface area contributed by atoms with Crippen LogP contribution in [0.25, 0.3) is 0 Å². The van der Waals surface area contributed by atoms with Crippen LogP contribution in [-0.2, 0) is 10.8 Å². The first kappa shape index (κ1) is 10.1. The number of hydrogen-bond donors (Lipinski definition) is 0. The molecule has 1 atom stereocenters. The Hall–Kier alpha value is -0.710. The van der Waals surface area contributed by atoms with Crippen molar-refractivity contribution in [1.29, 1.82) is 0 Å². The van der Waals surface area contributed by atoms with E-state index in [0.29, 0.717) is 0 Å². The van der Waals surface area contributed by atoms with Gasteiger partial charge in [-0.15, -0.1) is 11.8 Å². The van der Waals surface area contributed by atoms with Crippen molar-refractivity contribution in [3.8, 4) is 0 Å². The molecule has 1 unspecified atom stereocenters. The maximum Gasteiger partial charge on any atom is 0.0498 e. The van der Waals surface area contributed by atoms with Gasteiger partial charge in [-0.2, -0.15) is 0 Å². The zero-order chi connectivity index (χ0) is 15.5. The van der Waals surface area contributed by atoms with Crippen LogP contribution in [0.3, 0.4) is 0 Å². The third-order valence-electron chi connectivity index (χ3n) is 2.33. The van der Waals surface area contributed by atoms with Gasteiger partial charge in [0.25, 0.3) is 0 Å². The van der Waals surface area contributed by atoms with E-state index in [0.717, 1.165) is 31.3 Å². The number of hydrogen-bond acceptors (Lipinski definition) is 3. The van der Waals surface area contributed by atoms with E-state index in [-0.39, 0.29) is 0 Å². The van der Waals surface area contributed by atoms with Gasteiger partial charge < -0.3 is 0 Å². The molecule has 0 spiro atoms. The number of rotatable bonds is 4. The van der Waals surface area contributed by atoms with Crippen molar-refractivity contribution < 1.29 is 8.32 Å². The van der Waals surface area contributed by atoms with Crippen LogP contribution in [0.2, 0.25) is 0 Å². The standard InChI is InChI=1S/C14H14OS3/c1-16-11-3-5-12(6-4-11)17-13-7-9-14(10-8-13)18(2)15/h3-10H,1-2H3/i1D3. The van der Waals surface area contributed by atoms with Gasteiger partial charge in [0.2, 0.25) is 0 Å². The van der Waals surface area contributed by atoms with Crippen LogP contribution in [0.1, 0.15) is 4.11 Å². The van der Waals surface area contributed by atoms with Gasteiger partial charge in [0.1, 0.15) is 0 Å². The third-order valence-corrected chi connectivity index (χ3v) is 4.79. The van der Waals surface area contributed by atoms with Gasteiger partial charge >= 0.3 is 0 Å². The highest BCUT2D eigenvalue weighted by Crippen LogP contribution is 2.29. The van der Waals surface area contributed by atoms with E-state index in [1.807, 2.05) is 48.5 Å². The highest BCUT2D eigenvalue weighted by molar-refractivity contribution is 7.99. The molecule has 0 aliphatic rings. The van der Waals surface area contributed by atoms with Gasteiger partial charge in [-0.1, -0.05) is 11.8 Å². The van der Waals surface area contributed by atoms with Crippen molar-refractivity contribution in [3.63, 3.8) is 0 Å². The smallest absolute Gasteiger partial charge is 0.0498 e. The molecule has 2 rings (SSSR count). The van der Waals surface area contributed by atoms with E-state index in [4.69, 9.17) is 4.11 Å². The Labute approximate surface area is 123 Å². The Morgan fingerprint density at radius 2 is 1.44 bits per heavy atom. The van der Waals surface area contributed by atoms with Gasteiger partial charge in [-0.3, -0.25) is 4.21 Å². The lowest BCUT2D eigenvalue weighted by atomic mass is 10.4. The lowest BCUT2D eigenvalue weighted by Gasteiger charge is -2.03. The Balaban J connectivity index is 2.04. The molecule has 2 aromatic carbocycles. The monoisotopic (exact) mass is 297 g/mol. The molecular formula is C14H14OS3. The van der Waals surface area contributed by atoms with E-state index >= 15 is 0 Å². The van der Waals surface area contributed by atoms with Gasteiger partial charge in [0, 0.05) is 40.7 Å². The molecule has 1 nitrogen and oxygen atoms in total. The molecule has 0 saturated carbocycles. The average molecular weight is 297 g/mol. The summed E-state index contributed by atoms with van der Waals surface area (Å²) in [5.41, 5.74) is 0. The van der Waals surface area contributed by atoms with Crippen molar-refractivity contribution in [3.05, 3.63) is 48.5 Å². The quantitative estimate of drug-likeness (QED) is 0.783. The van der Waals surface area contributed by atoms with Crippen LogP contribution in [0.15, 0.2) is 68.1 Å². The first-order valence-electron chi connectivity index (χ1n) is 6.74. The summed E-state index contributed by atoms with van der Waals surface area (Å²) in [6.45, 7) is 0. The Bertz CT molecular complexity index is 621. The van der Waals surface area contributed by atoms with Crippen LogP contribution in [-0.4, -0.2) is 16.6 Å². The second kappa shape index (κ2) is 6.45. The molecule has 0 heterocycles. The minimum Gasteiger partial charge on any atom is -0.255 e. The molecule has 0 fully saturated rings. The lowest BCUT2D eigenvalue weighted by molar-refractivity contribution is 0.686. The molecule has 0 radical (unpaired) electrons. The summed E-state index contributed by atoms with van der Waals surface area (Å²) in [6.07, 6.45) is -0.357. The molecule has 0 aromatic heterocycles. The third kappa shape index (κ3) is 3.64. The Morgan fingerprint density at radius 3 is 1.94 bits per heavy atom. The van der Waals surface area contributed by atoms with E-state index < -0.39 is 17.0 Å². The fraction of sp³-hybridized carbons (Fsp3) is 0.143. The van der Waals surface area contributed by atoms with Gasteiger partial charge in [-0.25, -0.2) is 0 Å². The SMILES string of the molecule is [2H]C([2H])([2H])Sc1ccc(Sc2ccc(S(C)=O)cc2)cc1. The summed E-state index contributed by atoms with van der Waals surface area (Å²) in [7, 11) is -0.962. The largest absolute Gasteiger partial charge is 0.255 e. The molecule has 18 heavy (non-hydrogen) atoms. The predicted molar refractivity (Wildman–Crippen MR) is 81.1 cm³/mol. The van der Waals surface area contributed by atoms with Crippen molar-refractivity contribution in [2.24, 2.45) is 0 Å². The molecule has 0 aliphatic carbocycles. The van der Waals surface area contributed by atoms with E-state index in [1.165, 1.54) is 0 Å². The molecule has 0 aliphatic heterocycles.